The maximum Gasteiger partial charge on any atom is 0.338 e. The molecule has 0 aromatic heterocycles. The minimum absolute atomic E-state index is 0.369. The molecule has 0 amide bonds. The van der Waals surface area contributed by atoms with Crippen LogP contribution in [-0.2, 0) is 14.2 Å². The molecule has 3 rings (SSSR count). The maximum absolute atomic E-state index is 12.3. The molecule has 1 fully saturated rings. The molecule has 1 unspecified atom stereocenters. The van der Waals surface area contributed by atoms with Gasteiger partial charge in [-0.15, -0.1) is 0 Å². The molecule has 2 aromatic rings. The van der Waals surface area contributed by atoms with E-state index in [1.807, 2.05) is 0 Å². The van der Waals surface area contributed by atoms with E-state index in [1.54, 1.807) is 74.5 Å². The summed E-state index contributed by atoms with van der Waals surface area (Å²) >= 11 is 0. The zero-order valence-corrected chi connectivity index (χ0v) is 15.1. The van der Waals surface area contributed by atoms with Crippen molar-refractivity contribution in [2.75, 3.05) is 0 Å². The first-order valence-corrected chi connectivity index (χ1v) is 8.83. The number of rotatable bonds is 4. The number of carbonyl (C=O) groups excluding carboxylic acids is 2. The van der Waals surface area contributed by atoms with E-state index >= 15 is 0 Å². The van der Waals surface area contributed by atoms with Crippen molar-refractivity contribution >= 4 is 11.9 Å². The summed E-state index contributed by atoms with van der Waals surface area (Å²) in [6, 6.07) is 17.0. The van der Waals surface area contributed by atoms with E-state index < -0.39 is 42.5 Å². The molecule has 27 heavy (non-hydrogen) atoms. The lowest BCUT2D eigenvalue weighted by Crippen LogP contribution is -2.58. The lowest BCUT2D eigenvalue weighted by atomic mass is 9.96. The van der Waals surface area contributed by atoms with Crippen LogP contribution in [0.25, 0.3) is 0 Å². The van der Waals surface area contributed by atoms with Crippen LogP contribution in [0.5, 0.6) is 0 Å². The molecule has 1 heterocycles. The summed E-state index contributed by atoms with van der Waals surface area (Å²) in [6.45, 7) is 3.41. The summed E-state index contributed by atoms with van der Waals surface area (Å²) in [7, 11) is 0. The van der Waals surface area contributed by atoms with Crippen LogP contribution in [0.15, 0.2) is 60.7 Å². The van der Waals surface area contributed by atoms with Gasteiger partial charge < -0.3 is 19.3 Å². The average molecular weight is 370 g/mol. The van der Waals surface area contributed by atoms with E-state index in [0.29, 0.717) is 11.1 Å². The fourth-order valence-electron chi connectivity index (χ4n) is 3.10. The Bertz CT molecular complexity index is 710. The lowest BCUT2D eigenvalue weighted by Gasteiger charge is -2.41. The second kappa shape index (κ2) is 8.33. The van der Waals surface area contributed by atoms with E-state index in [9.17, 15) is 14.7 Å². The van der Waals surface area contributed by atoms with Gasteiger partial charge in [-0.1, -0.05) is 36.4 Å². The quantitative estimate of drug-likeness (QED) is 0.833. The van der Waals surface area contributed by atoms with E-state index in [2.05, 4.69) is 0 Å². The molecule has 1 saturated heterocycles. The minimum atomic E-state index is -1.20. The largest absolute Gasteiger partial charge is 0.453 e. The fraction of sp³-hybridized carbons (Fsp3) is 0.333. The molecule has 6 heteroatoms. The van der Waals surface area contributed by atoms with E-state index in [4.69, 9.17) is 14.2 Å². The number of aliphatic hydroxyl groups is 1. The Morgan fingerprint density at radius 3 is 1.52 bits per heavy atom. The van der Waals surface area contributed by atoms with Crippen molar-refractivity contribution in [2.45, 2.75) is 44.4 Å². The van der Waals surface area contributed by atoms with Crippen molar-refractivity contribution in [3.63, 3.8) is 0 Å². The zero-order valence-electron chi connectivity index (χ0n) is 15.1. The van der Waals surface area contributed by atoms with Crippen LogP contribution in [0, 0.1) is 0 Å². The topological polar surface area (TPSA) is 82.1 Å². The number of esters is 2. The zero-order chi connectivity index (χ0) is 19.4. The van der Waals surface area contributed by atoms with Gasteiger partial charge in [0.05, 0.1) is 23.3 Å². The van der Waals surface area contributed by atoms with Crippen LogP contribution in [0.1, 0.15) is 34.6 Å². The van der Waals surface area contributed by atoms with Crippen molar-refractivity contribution in [1.82, 2.24) is 0 Å². The third-order valence-corrected chi connectivity index (χ3v) is 4.53. The number of aliphatic hydroxyl groups excluding tert-OH is 1. The van der Waals surface area contributed by atoms with Gasteiger partial charge in [0.15, 0.2) is 12.2 Å². The second-order valence-corrected chi connectivity index (χ2v) is 6.51. The van der Waals surface area contributed by atoms with Crippen LogP contribution in [0.4, 0.5) is 0 Å². The Hall–Kier alpha value is -2.70. The molecule has 0 saturated carbocycles. The molecule has 0 radical (unpaired) electrons. The first-order chi connectivity index (χ1) is 13.0. The molecule has 1 aliphatic rings. The third-order valence-electron chi connectivity index (χ3n) is 4.53. The van der Waals surface area contributed by atoms with E-state index in [-0.39, 0.29) is 0 Å². The fourth-order valence-corrected chi connectivity index (χ4v) is 3.10. The highest BCUT2D eigenvalue weighted by atomic mass is 16.6. The van der Waals surface area contributed by atoms with Gasteiger partial charge in [0.2, 0.25) is 0 Å². The predicted octanol–water partition coefficient (Wildman–Crippen LogP) is 2.61. The van der Waals surface area contributed by atoms with Crippen LogP contribution >= 0.6 is 0 Å². The van der Waals surface area contributed by atoms with Gasteiger partial charge in [0.25, 0.3) is 0 Å². The summed E-state index contributed by atoms with van der Waals surface area (Å²) in [5.41, 5.74) is 0.738. The Morgan fingerprint density at radius 1 is 0.778 bits per heavy atom. The number of benzene rings is 2. The number of carbonyl (C=O) groups is 2. The van der Waals surface area contributed by atoms with Gasteiger partial charge in [0, 0.05) is 0 Å². The van der Waals surface area contributed by atoms with Crippen molar-refractivity contribution in [3.05, 3.63) is 71.8 Å². The third kappa shape index (κ3) is 4.35. The molecule has 142 valence electrons. The van der Waals surface area contributed by atoms with Gasteiger partial charge in [-0.3, -0.25) is 0 Å². The highest BCUT2D eigenvalue weighted by Gasteiger charge is 2.46. The van der Waals surface area contributed by atoms with Crippen LogP contribution in [0.3, 0.4) is 0 Å². The number of ether oxygens (including phenoxy) is 3. The first kappa shape index (κ1) is 19.1. The van der Waals surface area contributed by atoms with Crippen LogP contribution < -0.4 is 0 Å². The number of hydrogen-bond donors (Lipinski definition) is 1. The van der Waals surface area contributed by atoms with Crippen LogP contribution in [0.2, 0.25) is 0 Å². The van der Waals surface area contributed by atoms with Gasteiger partial charge in [-0.2, -0.15) is 0 Å². The highest BCUT2D eigenvalue weighted by Crippen LogP contribution is 2.27. The SMILES string of the molecule is CC1O[C@@H](C)[C@@H](OC(=O)c2ccccc2)[C@@H](O)[C@@H]1OC(=O)c1ccccc1. The highest BCUT2D eigenvalue weighted by molar-refractivity contribution is 5.90. The molecular formula is C21H22O6. The Morgan fingerprint density at radius 2 is 1.15 bits per heavy atom. The average Bonchev–Trinajstić information content (AvgIpc) is 2.69. The molecule has 1 aliphatic heterocycles. The standard InChI is InChI=1S/C21H22O6/c1-13-18(26-20(23)15-9-5-3-6-10-15)17(22)19(14(2)25-13)27-21(24)16-11-7-4-8-12-16/h3-14,17-19,22H,1-2H3/t13-,14?,17+,18+,19+/m0/s1. The molecule has 0 aliphatic carbocycles. The molecule has 6 nitrogen and oxygen atoms in total. The summed E-state index contributed by atoms with van der Waals surface area (Å²) in [4.78, 5) is 24.7. The lowest BCUT2D eigenvalue weighted by molar-refractivity contribution is -0.212. The van der Waals surface area contributed by atoms with Gasteiger partial charge in [-0.25, -0.2) is 9.59 Å². The second-order valence-electron chi connectivity index (χ2n) is 6.51. The molecule has 2 aromatic carbocycles. The Kier molecular flexibility index (Phi) is 5.88. The minimum Gasteiger partial charge on any atom is -0.453 e. The van der Waals surface area contributed by atoms with Crippen molar-refractivity contribution in [1.29, 1.82) is 0 Å². The van der Waals surface area contributed by atoms with Crippen LogP contribution in [-0.4, -0.2) is 47.6 Å². The Balaban J connectivity index is 1.72. The first-order valence-electron chi connectivity index (χ1n) is 8.83. The summed E-state index contributed by atoms with van der Waals surface area (Å²) in [6.07, 6.45) is -4.21. The summed E-state index contributed by atoms with van der Waals surface area (Å²) in [5.74, 6) is -1.14. The normalized spacial score (nSPS) is 27.6. The van der Waals surface area contributed by atoms with Gasteiger partial charge in [0.1, 0.15) is 6.10 Å². The van der Waals surface area contributed by atoms with Gasteiger partial charge >= 0.3 is 11.9 Å². The molecule has 5 atom stereocenters. The van der Waals surface area contributed by atoms with Gasteiger partial charge in [-0.05, 0) is 38.1 Å². The number of hydrogen-bond acceptors (Lipinski definition) is 6. The smallest absolute Gasteiger partial charge is 0.338 e. The molecular weight excluding hydrogens is 348 g/mol. The molecule has 1 N–H and O–H groups in total. The maximum atomic E-state index is 12.3. The van der Waals surface area contributed by atoms with Crippen molar-refractivity contribution in [3.8, 4) is 0 Å². The Labute approximate surface area is 157 Å². The molecule has 0 spiro atoms. The molecule has 0 bridgehead atoms. The van der Waals surface area contributed by atoms with Crippen molar-refractivity contribution < 1.29 is 28.9 Å². The summed E-state index contributed by atoms with van der Waals surface area (Å²) < 4.78 is 16.7. The monoisotopic (exact) mass is 370 g/mol. The summed E-state index contributed by atoms with van der Waals surface area (Å²) in [5, 5.41) is 10.7. The van der Waals surface area contributed by atoms with Crippen molar-refractivity contribution in [2.24, 2.45) is 0 Å². The predicted molar refractivity (Wildman–Crippen MR) is 97.3 cm³/mol. The van der Waals surface area contributed by atoms with E-state index in [1.165, 1.54) is 0 Å². The van der Waals surface area contributed by atoms with E-state index in [0.717, 1.165) is 0 Å².